The van der Waals surface area contributed by atoms with Gasteiger partial charge >= 0.3 is 5.97 Å². The highest BCUT2D eigenvalue weighted by atomic mass is 32.2. The minimum atomic E-state index is -3.04. The van der Waals surface area contributed by atoms with Gasteiger partial charge in [0.25, 0.3) is 0 Å². The van der Waals surface area contributed by atoms with E-state index in [1.165, 1.54) is 11.3 Å². The molecule has 0 aliphatic carbocycles. The Bertz CT molecular complexity index is 1010. The molecule has 0 bridgehead atoms. The highest BCUT2D eigenvalue weighted by Crippen LogP contribution is 2.37. The fourth-order valence-electron chi connectivity index (χ4n) is 3.44. The van der Waals surface area contributed by atoms with Crippen molar-refractivity contribution >= 4 is 38.1 Å². The molecule has 3 rings (SSSR count). The molecule has 2 heterocycles. The molecule has 9 heteroatoms. The first-order valence-corrected chi connectivity index (χ1v) is 12.5. The number of nitrogens with one attached hydrogen (secondary N) is 1. The molecule has 1 aliphatic rings. The second-order valence-corrected chi connectivity index (χ2v) is 10.2. The van der Waals surface area contributed by atoms with Crippen LogP contribution in [0.1, 0.15) is 37.0 Å². The third-order valence-electron chi connectivity index (χ3n) is 4.80. The van der Waals surface area contributed by atoms with E-state index in [0.29, 0.717) is 29.2 Å². The molecule has 1 atom stereocenters. The lowest BCUT2D eigenvalue weighted by atomic mass is 10.0. The summed E-state index contributed by atoms with van der Waals surface area (Å²) in [7, 11) is -3.04. The predicted octanol–water partition coefficient (Wildman–Crippen LogP) is 3.75. The van der Waals surface area contributed by atoms with E-state index in [2.05, 4.69) is 5.32 Å². The first-order valence-electron chi connectivity index (χ1n) is 9.85. The first-order chi connectivity index (χ1) is 14.3. The zero-order valence-corrected chi connectivity index (χ0v) is 18.6. The molecule has 1 saturated heterocycles. The van der Waals surface area contributed by atoms with Gasteiger partial charge in [0.2, 0.25) is 5.91 Å². The molecule has 0 saturated carbocycles. The van der Waals surface area contributed by atoms with Crippen LogP contribution in [0.5, 0.6) is 5.75 Å². The van der Waals surface area contributed by atoms with Gasteiger partial charge in [0.1, 0.15) is 16.3 Å². The van der Waals surface area contributed by atoms with Crippen LogP contribution in [0.25, 0.3) is 11.1 Å². The Morgan fingerprint density at radius 2 is 1.90 bits per heavy atom. The van der Waals surface area contributed by atoms with E-state index in [-0.39, 0.29) is 36.4 Å². The van der Waals surface area contributed by atoms with Crippen molar-refractivity contribution in [2.75, 3.05) is 30.0 Å². The monoisotopic (exact) mass is 451 g/mol. The zero-order valence-electron chi connectivity index (χ0n) is 17.0. The van der Waals surface area contributed by atoms with Crippen LogP contribution in [0, 0.1) is 5.92 Å². The topological polar surface area (TPSA) is 98.8 Å². The number of anilines is 1. The second-order valence-electron chi connectivity index (χ2n) is 7.05. The number of ether oxygens (including phenoxy) is 2. The van der Waals surface area contributed by atoms with Gasteiger partial charge in [0.05, 0.1) is 24.7 Å². The Hall–Kier alpha value is -2.39. The molecule has 1 aliphatic heterocycles. The first kappa shape index (κ1) is 22.3. The Labute approximate surface area is 180 Å². The number of benzene rings is 1. The summed E-state index contributed by atoms with van der Waals surface area (Å²) in [6, 6.07) is 7.35. The molecule has 1 fully saturated rings. The van der Waals surface area contributed by atoms with Crippen molar-refractivity contribution in [2.24, 2.45) is 5.92 Å². The lowest BCUT2D eigenvalue weighted by Gasteiger charge is -2.11. The molecule has 7 nitrogen and oxygen atoms in total. The maximum absolute atomic E-state index is 12.6. The van der Waals surface area contributed by atoms with Crippen LogP contribution in [-0.4, -0.2) is 45.0 Å². The third kappa shape index (κ3) is 5.40. The molecule has 162 valence electrons. The number of carbonyl (C=O) groups is 2. The lowest BCUT2D eigenvalue weighted by molar-refractivity contribution is -0.116. The van der Waals surface area contributed by atoms with Gasteiger partial charge in [-0.2, -0.15) is 0 Å². The van der Waals surface area contributed by atoms with Crippen LogP contribution in [0.15, 0.2) is 29.6 Å². The van der Waals surface area contributed by atoms with Gasteiger partial charge in [-0.15, -0.1) is 11.3 Å². The van der Waals surface area contributed by atoms with Crippen molar-refractivity contribution in [1.82, 2.24) is 0 Å². The van der Waals surface area contributed by atoms with Gasteiger partial charge in [-0.05, 0) is 43.9 Å². The number of thiophene rings is 1. The SMILES string of the molecule is CCOC(=O)c1c(-c2ccc(OCC)cc2)csc1NC(=O)C[C@H]1CCS(=O)(=O)C1. The molecule has 1 amide bonds. The molecular formula is C21H25NO6S2. The van der Waals surface area contributed by atoms with E-state index in [1.54, 1.807) is 12.3 Å². The normalized spacial score (nSPS) is 17.5. The van der Waals surface area contributed by atoms with E-state index in [1.807, 2.05) is 31.2 Å². The summed E-state index contributed by atoms with van der Waals surface area (Å²) >= 11 is 1.24. The van der Waals surface area contributed by atoms with Crippen LogP contribution >= 0.6 is 11.3 Å². The van der Waals surface area contributed by atoms with E-state index >= 15 is 0 Å². The van der Waals surface area contributed by atoms with Crippen molar-refractivity contribution in [2.45, 2.75) is 26.7 Å². The smallest absolute Gasteiger partial charge is 0.341 e. The van der Waals surface area contributed by atoms with Crippen LogP contribution in [0.3, 0.4) is 0 Å². The van der Waals surface area contributed by atoms with Crippen LogP contribution in [0.2, 0.25) is 0 Å². The molecule has 1 aromatic carbocycles. The summed E-state index contributed by atoms with van der Waals surface area (Å²) in [6.07, 6.45) is 0.597. The standard InChI is InChI=1S/C21H25NO6S2/c1-3-27-16-7-5-15(6-8-16)17-12-29-20(19(17)21(24)28-4-2)22-18(23)11-14-9-10-30(25,26)13-14/h5-8,12,14H,3-4,9-11,13H2,1-2H3,(H,22,23)/t14-/m1/s1. The average Bonchev–Trinajstić information content (AvgIpc) is 3.25. The van der Waals surface area contributed by atoms with Crippen molar-refractivity contribution in [1.29, 1.82) is 0 Å². The van der Waals surface area contributed by atoms with Gasteiger partial charge in [-0.1, -0.05) is 12.1 Å². The largest absolute Gasteiger partial charge is 0.494 e. The third-order valence-corrected chi connectivity index (χ3v) is 7.53. The molecule has 1 aromatic heterocycles. The predicted molar refractivity (Wildman–Crippen MR) is 117 cm³/mol. The number of hydrogen-bond acceptors (Lipinski definition) is 7. The minimum Gasteiger partial charge on any atom is -0.494 e. The van der Waals surface area contributed by atoms with Crippen molar-refractivity contribution in [3.05, 3.63) is 35.2 Å². The molecule has 2 aromatic rings. The van der Waals surface area contributed by atoms with Gasteiger partial charge in [-0.25, -0.2) is 13.2 Å². The summed E-state index contributed by atoms with van der Waals surface area (Å²) in [4.78, 5) is 25.1. The number of amides is 1. The summed E-state index contributed by atoms with van der Waals surface area (Å²) in [5.41, 5.74) is 1.78. The highest BCUT2D eigenvalue weighted by Gasteiger charge is 2.30. The number of rotatable bonds is 8. The molecule has 0 unspecified atom stereocenters. The molecule has 30 heavy (non-hydrogen) atoms. The van der Waals surface area contributed by atoms with E-state index in [9.17, 15) is 18.0 Å². The van der Waals surface area contributed by atoms with Crippen molar-refractivity contribution in [3.8, 4) is 16.9 Å². The molecule has 0 spiro atoms. The minimum absolute atomic E-state index is 0.0347. The maximum Gasteiger partial charge on any atom is 0.341 e. The fourth-order valence-corrected chi connectivity index (χ4v) is 6.27. The maximum atomic E-state index is 12.6. The molecule has 1 N–H and O–H groups in total. The quantitative estimate of drug-likeness (QED) is 0.614. The van der Waals surface area contributed by atoms with Gasteiger partial charge in [0.15, 0.2) is 9.84 Å². The van der Waals surface area contributed by atoms with Crippen LogP contribution < -0.4 is 10.1 Å². The van der Waals surface area contributed by atoms with Crippen LogP contribution in [0.4, 0.5) is 5.00 Å². The van der Waals surface area contributed by atoms with E-state index < -0.39 is 15.8 Å². The van der Waals surface area contributed by atoms with Crippen LogP contribution in [-0.2, 0) is 19.4 Å². The van der Waals surface area contributed by atoms with Crippen molar-refractivity contribution < 1.29 is 27.5 Å². The van der Waals surface area contributed by atoms with Gasteiger partial charge in [-0.3, -0.25) is 4.79 Å². The molecule has 0 radical (unpaired) electrons. The zero-order chi connectivity index (χ0) is 21.7. The highest BCUT2D eigenvalue weighted by molar-refractivity contribution is 7.91. The lowest BCUT2D eigenvalue weighted by Crippen LogP contribution is -2.18. The van der Waals surface area contributed by atoms with Gasteiger partial charge < -0.3 is 14.8 Å². The van der Waals surface area contributed by atoms with E-state index in [4.69, 9.17) is 9.47 Å². The van der Waals surface area contributed by atoms with E-state index in [0.717, 1.165) is 11.3 Å². The molecular weight excluding hydrogens is 426 g/mol. The number of carbonyl (C=O) groups excluding carboxylic acids is 2. The fraction of sp³-hybridized carbons (Fsp3) is 0.429. The number of esters is 1. The number of hydrogen-bond donors (Lipinski definition) is 1. The Morgan fingerprint density at radius 1 is 1.17 bits per heavy atom. The Balaban J connectivity index is 1.82. The second kappa shape index (κ2) is 9.61. The Kier molecular flexibility index (Phi) is 7.14. The summed E-state index contributed by atoms with van der Waals surface area (Å²) in [6.45, 7) is 4.40. The summed E-state index contributed by atoms with van der Waals surface area (Å²) in [5.74, 6) is -0.114. The summed E-state index contributed by atoms with van der Waals surface area (Å²) in [5, 5.41) is 4.99. The Morgan fingerprint density at radius 3 is 2.50 bits per heavy atom. The van der Waals surface area contributed by atoms with Crippen molar-refractivity contribution in [3.63, 3.8) is 0 Å². The average molecular weight is 452 g/mol. The summed E-state index contributed by atoms with van der Waals surface area (Å²) < 4.78 is 33.9. The number of sulfone groups is 1. The van der Waals surface area contributed by atoms with Gasteiger partial charge in [0, 0.05) is 17.4 Å².